The van der Waals surface area contributed by atoms with Gasteiger partial charge in [-0.25, -0.2) is 9.59 Å². The lowest BCUT2D eigenvalue weighted by Gasteiger charge is -2.36. The number of benzene rings is 4. The molecular weight excluding hydrogens is 583 g/mol. The first-order chi connectivity index (χ1) is 19.8. The molecule has 0 bridgehead atoms. The van der Waals surface area contributed by atoms with Gasteiger partial charge >= 0.3 is 11.9 Å². The van der Waals surface area contributed by atoms with Crippen molar-refractivity contribution in [1.82, 2.24) is 0 Å². The summed E-state index contributed by atoms with van der Waals surface area (Å²) in [5, 5.41) is 0. The van der Waals surface area contributed by atoms with Gasteiger partial charge in [0.15, 0.2) is 0 Å². The molecule has 0 heterocycles. The first-order valence-electron chi connectivity index (χ1n) is 13.1. The number of halogens is 3. The predicted molar refractivity (Wildman–Crippen MR) is 159 cm³/mol. The zero-order chi connectivity index (χ0) is 28.8. The Hall–Kier alpha value is -3.35. The van der Waals surface area contributed by atoms with Gasteiger partial charge in [-0.3, -0.25) is 0 Å². The van der Waals surface area contributed by atoms with Crippen LogP contribution in [0.3, 0.4) is 0 Å². The minimum absolute atomic E-state index is 0.0290. The van der Waals surface area contributed by atoms with E-state index in [2.05, 4.69) is 0 Å². The lowest BCUT2D eigenvalue weighted by Crippen LogP contribution is -2.56. The number of alkyl halides is 3. The van der Waals surface area contributed by atoms with Crippen LogP contribution in [0.4, 0.5) is 0 Å². The van der Waals surface area contributed by atoms with E-state index in [9.17, 15) is 9.59 Å². The van der Waals surface area contributed by atoms with Crippen LogP contribution in [0.2, 0.25) is 0 Å². The maximum atomic E-state index is 14.4. The highest BCUT2D eigenvalue weighted by Crippen LogP contribution is 2.52. The Kier molecular flexibility index (Phi) is 7.33. The van der Waals surface area contributed by atoms with Crippen LogP contribution in [-0.4, -0.2) is 41.7 Å². The van der Waals surface area contributed by atoms with Crippen LogP contribution in [0.1, 0.15) is 34.1 Å². The number of ether oxygens (including phenoxy) is 3. The molecule has 1 unspecified atom stereocenters. The Morgan fingerprint density at radius 2 is 1.07 bits per heavy atom. The van der Waals surface area contributed by atoms with Crippen molar-refractivity contribution >= 4 is 46.7 Å². The molecule has 6 rings (SSSR count). The van der Waals surface area contributed by atoms with Crippen molar-refractivity contribution in [2.45, 2.75) is 21.2 Å². The fraction of sp³-hybridized carbons (Fsp3) is 0.212. The predicted octanol–water partition coefficient (Wildman–Crippen LogP) is 7.45. The number of esters is 2. The quantitative estimate of drug-likeness (QED) is 0.124. The molecule has 0 N–H and O–H groups in total. The van der Waals surface area contributed by atoms with Gasteiger partial charge in [0, 0.05) is 5.92 Å². The van der Waals surface area contributed by atoms with Crippen LogP contribution in [0.25, 0.3) is 22.3 Å². The van der Waals surface area contributed by atoms with Gasteiger partial charge in [-0.2, -0.15) is 0 Å². The summed E-state index contributed by atoms with van der Waals surface area (Å²) >= 11 is 18.3. The SMILES string of the molecule is COC(=O)C(OCC(Cl)(Cl)Cl)(C(=O)OCC1c2ccccc2-c2ccccc21)C1c2ccccc2-c2ccccc21. The van der Waals surface area contributed by atoms with Crippen molar-refractivity contribution in [3.63, 3.8) is 0 Å². The lowest BCUT2D eigenvalue weighted by molar-refractivity contribution is -0.192. The van der Waals surface area contributed by atoms with Crippen molar-refractivity contribution < 1.29 is 23.8 Å². The first kappa shape index (κ1) is 27.8. The molecule has 0 fully saturated rings. The van der Waals surface area contributed by atoms with E-state index in [0.717, 1.165) is 33.4 Å². The van der Waals surface area contributed by atoms with Crippen molar-refractivity contribution in [3.05, 3.63) is 119 Å². The van der Waals surface area contributed by atoms with E-state index in [1.807, 2.05) is 97.1 Å². The molecule has 5 nitrogen and oxygen atoms in total. The number of carbonyl (C=O) groups excluding carboxylic acids is 2. The Bertz CT molecular complexity index is 1550. The molecule has 2 aliphatic carbocycles. The highest BCUT2D eigenvalue weighted by atomic mass is 35.6. The van der Waals surface area contributed by atoms with Gasteiger partial charge in [0.25, 0.3) is 5.60 Å². The Balaban J connectivity index is 1.44. The van der Waals surface area contributed by atoms with Gasteiger partial charge in [0.2, 0.25) is 3.79 Å². The van der Waals surface area contributed by atoms with Gasteiger partial charge in [-0.15, -0.1) is 0 Å². The van der Waals surface area contributed by atoms with Crippen molar-refractivity contribution in [1.29, 1.82) is 0 Å². The van der Waals surface area contributed by atoms with Crippen LogP contribution in [0.5, 0.6) is 0 Å². The minimum atomic E-state index is -2.29. The number of carbonyl (C=O) groups is 2. The van der Waals surface area contributed by atoms with Crippen molar-refractivity contribution in [2.24, 2.45) is 0 Å². The van der Waals surface area contributed by atoms with Gasteiger partial charge in [0.1, 0.15) is 6.61 Å². The second kappa shape index (κ2) is 10.8. The van der Waals surface area contributed by atoms with Crippen molar-refractivity contribution in [2.75, 3.05) is 20.3 Å². The van der Waals surface area contributed by atoms with E-state index in [4.69, 9.17) is 49.0 Å². The molecule has 0 saturated heterocycles. The Morgan fingerprint density at radius 1 is 0.659 bits per heavy atom. The summed E-state index contributed by atoms with van der Waals surface area (Å²) in [5.41, 5.74) is 5.07. The summed E-state index contributed by atoms with van der Waals surface area (Å²) in [4.78, 5) is 28.2. The number of hydrogen-bond acceptors (Lipinski definition) is 5. The minimum Gasteiger partial charge on any atom is -0.466 e. The summed E-state index contributed by atoms with van der Waals surface area (Å²) < 4.78 is 15.5. The molecule has 208 valence electrons. The average Bonchev–Trinajstić information content (AvgIpc) is 3.49. The first-order valence-corrected chi connectivity index (χ1v) is 14.2. The van der Waals surface area contributed by atoms with E-state index in [-0.39, 0.29) is 12.5 Å². The van der Waals surface area contributed by atoms with Gasteiger partial charge in [-0.05, 0) is 44.5 Å². The summed E-state index contributed by atoms with van der Waals surface area (Å²) in [6.07, 6.45) is 0. The molecule has 1 atom stereocenters. The Morgan fingerprint density at radius 3 is 1.51 bits per heavy atom. The number of fused-ring (bicyclic) bond motifs is 6. The fourth-order valence-corrected chi connectivity index (χ4v) is 6.33. The second-order valence-corrected chi connectivity index (χ2v) is 12.6. The molecule has 0 radical (unpaired) electrons. The molecule has 0 aliphatic heterocycles. The molecule has 4 aromatic carbocycles. The average molecular weight is 608 g/mol. The summed E-state index contributed by atoms with van der Waals surface area (Å²) in [5.74, 6) is -3.01. The van der Waals surface area contributed by atoms with Crippen LogP contribution >= 0.6 is 34.8 Å². The summed E-state index contributed by atoms with van der Waals surface area (Å²) in [6, 6.07) is 31.0. The number of methoxy groups -OCH3 is 1. The second-order valence-electron chi connectivity index (χ2n) is 10.1. The van der Waals surface area contributed by atoms with Crippen molar-refractivity contribution in [3.8, 4) is 22.3 Å². The van der Waals surface area contributed by atoms with Gasteiger partial charge in [-0.1, -0.05) is 132 Å². The maximum absolute atomic E-state index is 14.4. The van der Waals surface area contributed by atoms with Crippen LogP contribution < -0.4 is 0 Å². The molecular formula is C33H25Cl3O5. The largest absolute Gasteiger partial charge is 0.466 e. The van der Waals surface area contributed by atoms with E-state index < -0.39 is 33.9 Å². The molecule has 4 aromatic rings. The molecule has 0 spiro atoms. The lowest BCUT2D eigenvalue weighted by atomic mass is 9.79. The third-order valence-electron chi connectivity index (χ3n) is 7.84. The number of hydrogen-bond donors (Lipinski definition) is 0. The Labute approximate surface area is 252 Å². The highest BCUT2D eigenvalue weighted by molar-refractivity contribution is 6.67. The van der Waals surface area contributed by atoms with E-state index in [0.29, 0.717) is 11.1 Å². The molecule has 0 amide bonds. The molecule has 8 heteroatoms. The standard InChI is InChI=1S/C33H25Cl3O5/c1-39-30(37)33(41-19-32(34,35)36,29-26-16-8-6-12-22(26)23-13-7-9-17-27(23)29)31(38)40-18-28-24-14-4-2-10-20(24)21-11-3-5-15-25(21)28/h2-17,28-29H,18-19H2,1H3. The van der Waals surface area contributed by atoms with Crippen LogP contribution in [0.15, 0.2) is 97.1 Å². The van der Waals surface area contributed by atoms with Gasteiger partial charge < -0.3 is 14.2 Å². The summed E-state index contributed by atoms with van der Waals surface area (Å²) in [6.45, 7) is -0.587. The third kappa shape index (κ3) is 4.71. The normalized spacial score (nSPS) is 15.3. The van der Waals surface area contributed by atoms with E-state index in [1.54, 1.807) is 0 Å². The maximum Gasteiger partial charge on any atom is 0.351 e. The smallest absolute Gasteiger partial charge is 0.351 e. The van der Waals surface area contributed by atoms with Crippen LogP contribution in [0, 0.1) is 0 Å². The zero-order valence-corrected chi connectivity index (χ0v) is 24.2. The van der Waals surface area contributed by atoms with Crippen LogP contribution in [-0.2, 0) is 23.8 Å². The number of rotatable bonds is 7. The highest BCUT2D eigenvalue weighted by Gasteiger charge is 2.60. The van der Waals surface area contributed by atoms with Gasteiger partial charge in [0.05, 0.1) is 19.6 Å². The summed E-state index contributed by atoms with van der Waals surface area (Å²) in [7, 11) is 1.19. The molecule has 2 aliphatic rings. The molecule has 41 heavy (non-hydrogen) atoms. The molecule has 0 saturated carbocycles. The topological polar surface area (TPSA) is 61.8 Å². The van der Waals surface area contributed by atoms with E-state index >= 15 is 0 Å². The fourth-order valence-electron chi connectivity index (χ4n) is 6.17. The third-order valence-corrected chi connectivity index (χ3v) is 8.17. The van der Waals surface area contributed by atoms with E-state index in [1.165, 1.54) is 7.11 Å². The zero-order valence-electron chi connectivity index (χ0n) is 22.0. The molecule has 0 aromatic heterocycles. The monoisotopic (exact) mass is 606 g/mol.